The fourth-order valence-corrected chi connectivity index (χ4v) is 2.88. The minimum atomic E-state index is -0.0298. The molecule has 1 amide bonds. The molecule has 0 aliphatic carbocycles. The van der Waals surface area contributed by atoms with Crippen molar-refractivity contribution >= 4 is 17.3 Å². The number of hydrogen-bond acceptors (Lipinski definition) is 4. The van der Waals surface area contributed by atoms with Crippen molar-refractivity contribution in [3.8, 4) is 0 Å². The fourth-order valence-electron chi connectivity index (χ4n) is 2.88. The first-order valence-corrected chi connectivity index (χ1v) is 7.94. The van der Waals surface area contributed by atoms with Crippen molar-refractivity contribution in [1.82, 2.24) is 4.90 Å². The normalized spacial score (nSPS) is 15.9. The van der Waals surface area contributed by atoms with E-state index in [2.05, 4.69) is 34.2 Å². The number of nitrogens with zero attached hydrogens (tertiary/aromatic N) is 2. The van der Waals surface area contributed by atoms with Gasteiger partial charge in [0.2, 0.25) is 5.91 Å². The maximum atomic E-state index is 11.2. The van der Waals surface area contributed by atoms with Gasteiger partial charge in [0, 0.05) is 64.7 Å². The molecule has 1 aliphatic rings. The van der Waals surface area contributed by atoms with E-state index in [1.807, 2.05) is 6.07 Å². The molecule has 1 aromatic rings. The number of piperazine rings is 1. The van der Waals surface area contributed by atoms with Crippen molar-refractivity contribution in [3.63, 3.8) is 0 Å². The van der Waals surface area contributed by atoms with Crippen LogP contribution in [0.5, 0.6) is 0 Å². The molecule has 1 N–H and O–H groups in total. The van der Waals surface area contributed by atoms with Crippen molar-refractivity contribution < 1.29 is 9.53 Å². The number of nitrogens with one attached hydrogen (secondary N) is 1. The summed E-state index contributed by atoms with van der Waals surface area (Å²) in [5.41, 5.74) is 3.35. The van der Waals surface area contributed by atoms with Crippen LogP contribution >= 0.6 is 0 Å². The number of amides is 1. The minimum absolute atomic E-state index is 0.0298. The van der Waals surface area contributed by atoms with Gasteiger partial charge >= 0.3 is 0 Å². The average Bonchev–Trinajstić information content (AvgIpc) is 2.50. The molecule has 0 aromatic heterocycles. The van der Waals surface area contributed by atoms with Crippen LogP contribution in [0.3, 0.4) is 0 Å². The third kappa shape index (κ3) is 4.71. The number of carbonyl (C=O) groups excluding carboxylic acids is 1. The molecular weight excluding hydrogens is 278 g/mol. The molecule has 0 saturated carbocycles. The van der Waals surface area contributed by atoms with Crippen LogP contribution in [0.1, 0.15) is 18.9 Å². The molecule has 5 nitrogen and oxygen atoms in total. The van der Waals surface area contributed by atoms with Gasteiger partial charge in [-0.1, -0.05) is 6.07 Å². The number of carbonyl (C=O) groups is 1. The van der Waals surface area contributed by atoms with Crippen molar-refractivity contribution in [3.05, 3.63) is 23.8 Å². The summed E-state index contributed by atoms with van der Waals surface area (Å²) in [4.78, 5) is 16.1. The lowest BCUT2D eigenvalue weighted by molar-refractivity contribution is -0.114. The summed E-state index contributed by atoms with van der Waals surface area (Å²) >= 11 is 0. The lowest BCUT2D eigenvalue weighted by atomic mass is 10.1. The third-order valence-electron chi connectivity index (χ3n) is 4.07. The second kappa shape index (κ2) is 8.15. The molecule has 0 spiro atoms. The molecular formula is C17H27N3O2. The Labute approximate surface area is 133 Å². The Morgan fingerprint density at radius 2 is 2.00 bits per heavy atom. The van der Waals surface area contributed by atoms with Gasteiger partial charge in [0.05, 0.1) is 0 Å². The molecule has 122 valence electrons. The zero-order valence-corrected chi connectivity index (χ0v) is 13.9. The molecule has 1 aromatic carbocycles. The molecule has 0 bridgehead atoms. The van der Waals surface area contributed by atoms with Crippen molar-refractivity contribution in [2.24, 2.45) is 0 Å². The van der Waals surface area contributed by atoms with Gasteiger partial charge in [-0.05, 0) is 31.0 Å². The first-order valence-electron chi connectivity index (χ1n) is 7.94. The quantitative estimate of drug-likeness (QED) is 0.818. The van der Waals surface area contributed by atoms with Crippen LogP contribution in [-0.4, -0.2) is 57.2 Å². The third-order valence-corrected chi connectivity index (χ3v) is 4.07. The van der Waals surface area contributed by atoms with E-state index in [9.17, 15) is 4.79 Å². The molecule has 0 unspecified atom stereocenters. The summed E-state index contributed by atoms with van der Waals surface area (Å²) in [5, 5.41) is 2.86. The number of rotatable bonds is 6. The average molecular weight is 305 g/mol. The highest BCUT2D eigenvalue weighted by Gasteiger charge is 2.18. The van der Waals surface area contributed by atoms with Crippen LogP contribution in [0.2, 0.25) is 0 Å². The summed E-state index contributed by atoms with van der Waals surface area (Å²) in [6.45, 7) is 9.80. The highest BCUT2D eigenvalue weighted by Crippen LogP contribution is 2.25. The molecule has 22 heavy (non-hydrogen) atoms. The monoisotopic (exact) mass is 305 g/mol. The van der Waals surface area contributed by atoms with E-state index < -0.39 is 0 Å². The second-order valence-corrected chi connectivity index (χ2v) is 5.86. The van der Waals surface area contributed by atoms with E-state index in [-0.39, 0.29) is 5.91 Å². The van der Waals surface area contributed by atoms with Gasteiger partial charge in [-0.3, -0.25) is 9.69 Å². The summed E-state index contributed by atoms with van der Waals surface area (Å²) in [5.74, 6) is -0.0298. The van der Waals surface area contributed by atoms with Crippen LogP contribution in [0, 0.1) is 6.92 Å². The Hall–Kier alpha value is -1.59. The number of benzene rings is 1. The maximum Gasteiger partial charge on any atom is 0.221 e. The van der Waals surface area contributed by atoms with Gasteiger partial charge in [-0.25, -0.2) is 0 Å². The van der Waals surface area contributed by atoms with Crippen molar-refractivity contribution in [2.75, 3.05) is 56.7 Å². The number of ether oxygens (including phenoxy) is 1. The van der Waals surface area contributed by atoms with Gasteiger partial charge in [0.1, 0.15) is 0 Å². The van der Waals surface area contributed by atoms with Gasteiger partial charge < -0.3 is 15.0 Å². The van der Waals surface area contributed by atoms with E-state index in [0.717, 1.165) is 51.4 Å². The number of anilines is 2. The van der Waals surface area contributed by atoms with Crippen LogP contribution in [0.4, 0.5) is 11.4 Å². The van der Waals surface area contributed by atoms with E-state index >= 15 is 0 Å². The highest BCUT2D eigenvalue weighted by molar-refractivity contribution is 5.89. The fraction of sp³-hybridized carbons (Fsp3) is 0.588. The van der Waals surface area contributed by atoms with E-state index in [1.165, 1.54) is 18.2 Å². The minimum Gasteiger partial charge on any atom is -0.385 e. The summed E-state index contributed by atoms with van der Waals surface area (Å²) in [7, 11) is 1.75. The number of aryl methyl sites for hydroxylation is 1. The molecule has 2 rings (SSSR count). The standard InChI is InChI=1S/C17H27N3O2/c1-14-5-6-16(18-15(2)21)13-17(14)20-10-8-19(9-11-20)7-4-12-22-3/h5-6,13H,4,7-12H2,1-3H3,(H,18,21). The Kier molecular flexibility index (Phi) is 6.21. The summed E-state index contributed by atoms with van der Waals surface area (Å²) in [6.07, 6.45) is 1.09. The largest absolute Gasteiger partial charge is 0.385 e. The molecule has 0 radical (unpaired) electrons. The zero-order chi connectivity index (χ0) is 15.9. The van der Waals surface area contributed by atoms with Gasteiger partial charge in [0.25, 0.3) is 0 Å². The summed E-state index contributed by atoms with van der Waals surface area (Å²) < 4.78 is 5.11. The first-order chi connectivity index (χ1) is 10.6. The predicted molar refractivity (Wildman–Crippen MR) is 90.6 cm³/mol. The van der Waals surface area contributed by atoms with Crippen LogP contribution in [0.15, 0.2) is 18.2 Å². The van der Waals surface area contributed by atoms with E-state index in [1.54, 1.807) is 7.11 Å². The van der Waals surface area contributed by atoms with E-state index in [4.69, 9.17) is 4.74 Å². The van der Waals surface area contributed by atoms with Crippen LogP contribution in [-0.2, 0) is 9.53 Å². The first kappa shape index (κ1) is 16.8. The molecule has 1 saturated heterocycles. The van der Waals surface area contributed by atoms with Crippen LogP contribution < -0.4 is 10.2 Å². The number of hydrogen-bond donors (Lipinski definition) is 1. The Morgan fingerprint density at radius 1 is 1.27 bits per heavy atom. The highest BCUT2D eigenvalue weighted by atomic mass is 16.5. The van der Waals surface area contributed by atoms with Crippen molar-refractivity contribution in [1.29, 1.82) is 0 Å². The zero-order valence-electron chi connectivity index (χ0n) is 13.9. The lowest BCUT2D eigenvalue weighted by Gasteiger charge is -2.37. The molecule has 1 fully saturated rings. The predicted octanol–water partition coefficient (Wildman–Crippen LogP) is 2.11. The van der Waals surface area contributed by atoms with Gasteiger partial charge in [-0.15, -0.1) is 0 Å². The summed E-state index contributed by atoms with van der Waals surface area (Å²) in [6, 6.07) is 6.12. The molecule has 0 atom stereocenters. The van der Waals surface area contributed by atoms with E-state index in [0.29, 0.717) is 0 Å². The topological polar surface area (TPSA) is 44.8 Å². The van der Waals surface area contributed by atoms with Gasteiger partial charge in [0.15, 0.2) is 0 Å². The van der Waals surface area contributed by atoms with Crippen molar-refractivity contribution in [2.45, 2.75) is 20.3 Å². The maximum absolute atomic E-state index is 11.2. The molecule has 5 heteroatoms. The lowest BCUT2D eigenvalue weighted by Crippen LogP contribution is -2.47. The molecule has 1 heterocycles. The van der Waals surface area contributed by atoms with Gasteiger partial charge in [-0.2, -0.15) is 0 Å². The Balaban J connectivity index is 1.94. The number of methoxy groups -OCH3 is 1. The van der Waals surface area contributed by atoms with Crippen LogP contribution in [0.25, 0.3) is 0 Å². The smallest absolute Gasteiger partial charge is 0.221 e. The SMILES string of the molecule is COCCCN1CCN(c2cc(NC(C)=O)ccc2C)CC1. The Bertz CT molecular complexity index is 497. The Morgan fingerprint density at radius 3 is 2.64 bits per heavy atom. The molecule has 1 aliphatic heterocycles. The second-order valence-electron chi connectivity index (χ2n) is 5.86.